The molecule has 1 unspecified atom stereocenters. The molecular weight excluding hydrogens is 356 g/mol. The summed E-state index contributed by atoms with van der Waals surface area (Å²) in [5.74, 6) is -1.31. The SMILES string of the molecule is CCCCCCCCCC(=O)C(O)(C(=O)CCCCCCCCC)C(O)CO. The Morgan fingerprint density at radius 1 is 0.679 bits per heavy atom. The first kappa shape index (κ1) is 27.2. The second-order valence-electron chi connectivity index (χ2n) is 8.05. The van der Waals surface area contributed by atoms with Crippen molar-refractivity contribution in [2.24, 2.45) is 0 Å². The minimum atomic E-state index is -2.46. The number of hydrogen-bond donors (Lipinski definition) is 3. The fourth-order valence-electron chi connectivity index (χ4n) is 3.53. The molecule has 0 aromatic rings. The van der Waals surface area contributed by atoms with E-state index in [-0.39, 0.29) is 12.8 Å². The van der Waals surface area contributed by atoms with Crippen molar-refractivity contribution in [3.63, 3.8) is 0 Å². The molecule has 0 aromatic carbocycles. The van der Waals surface area contributed by atoms with E-state index in [1.165, 1.54) is 38.5 Å². The number of unbranched alkanes of at least 4 members (excludes halogenated alkanes) is 12. The summed E-state index contributed by atoms with van der Waals surface area (Å²) in [7, 11) is 0. The lowest BCUT2D eigenvalue weighted by atomic mass is 9.82. The lowest BCUT2D eigenvalue weighted by molar-refractivity contribution is -0.166. The Hall–Kier alpha value is -0.780. The van der Waals surface area contributed by atoms with Crippen LogP contribution in [0.4, 0.5) is 0 Å². The van der Waals surface area contributed by atoms with Crippen molar-refractivity contribution in [1.29, 1.82) is 0 Å². The molecule has 0 saturated carbocycles. The molecule has 0 bridgehead atoms. The highest BCUT2D eigenvalue weighted by atomic mass is 16.4. The van der Waals surface area contributed by atoms with E-state index in [4.69, 9.17) is 0 Å². The molecule has 3 N–H and O–H groups in total. The van der Waals surface area contributed by atoms with Crippen molar-refractivity contribution in [2.75, 3.05) is 6.61 Å². The van der Waals surface area contributed by atoms with Crippen LogP contribution in [0.15, 0.2) is 0 Å². The summed E-state index contributed by atoms with van der Waals surface area (Å²) in [4.78, 5) is 25.0. The molecule has 0 rings (SSSR count). The maximum Gasteiger partial charge on any atom is 0.209 e. The highest BCUT2D eigenvalue weighted by Gasteiger charge is 2.48. The number of rotatable bonds is 20. The Morgan fingerprint density at radius 2 is 1.00 bits per heavy atom. The maximum atomic E-state index is 12.5. The van der Waals surface area contributed by atoms with Crippen molar-refractivity contribution >= 4 is 11.6 Å². The van der Waals surface area contributed by atoms with Gasteiger partial charge in [0, 0.05) is 12.8 Å². The summed E-state index contributed by atoms with van der Waals surface area (Å²) in [6, 6.07) is 0. The van der Waals surface area contributed by atoms with E-state index < -0.39 is 29.9 Å². The molecule has 0 aliphatic carbocycles. The van der Waals surface area contributed by atoms with Gasteiger partial charge in [0.15, 0.2) is 11.6 Å². The number of carbonyl (C=O) groups excluding carboxylic acids is 2. The normalized spacial score (nSPS) is 12.9. The van der Waals surface area contributed by atoms with Gasteiger partial charge in [-0.15, -0.1) is 0 Å². The first-order valence-corrected chi connectivity index (χ1v) is 11.5. The van der Waals surface area contributed by atoms with Crippen LogP contribution in [0.1, 0.15) is 117 Å². The molecule has 0 aliphatic rings. The molecule has 0 saturated heterocycles. The molecule has 0 spiro atoms. The van der Waals surface area contributed by atoms with Gasteiger partial charge in [0.05, 0.1) is 6.61 Å². The number of carbonyl (C=O) groups is 2. The van der Waals surface area contributed by atoms with E-state index in [0.717, 1.165) is 38.5 Å². The smallest absolute Gasteiger partial charge is 0.209 e. The van der Waals surface area contributed by atoms with Gasteiger partial charge in [-0.3, -0.25) is 9.59 Å². The second kappa shape index (κ2) is 17.1. The Bertz CT molecular complexity index is 378. The van der Waals surface area contributed by atoms with Crippen LogP contribution in [-0.2, 0) is 9.59 Å². The second-order valence-corrected chi connectivity index (χ2v) is 8.05. The molecule has 0 amide bonds. The lowest BCUT2D eigenvalue weighted by Crippen LogP contribution is -2.57. The molecule has 1 atom stereocenters. The quantitative estimate of drug-likeness (QED) is 0.207. The maximum absolute atomic E-state index is 12.5. The molecule has 0 fully saturated rings. The van der Waals surface area contributed by atoms with E-state index >= 15 is 0 Å². The highest BCUT2D eigenvalue weighted by Crippen LogP contribution is 2.22. The van der Waals surface area contributed by atoms with Crippen LogP contribution in [0, 0.1) is 0 Å². The van der Waals surface area contributed by atoms with Crippen LogP contribution < -0.4 is 0 Å². The van der Waals surface area contributed by atoms with E-state index in [1.54, 1.807) is 0 Å². The minimum Gasteiger partial charge on any atom is -0.394 e. The van der Waals surface area contributed by atoms with Gasteiger partial charge >= 0.3 is 0 Å². The number of hydrogen-bond acceptors (Lipinski definition) is 5. The van der Waals surface area contributed by atoms with E-state index in [9.17, 15) is 24.9 Å². The van der Waals surface area contributed by atoms with Gasteiger partial charge in [-0.25, -0.2) is 0 Å². The third kappa shape index (κ3) is 10.7. The monoisotopic (exact) mass is 400 g/mol. The zero-order valence-electron chi connectivity index (χ0n) is 18.3. The topological polar surface area (TPSA) is 94.8 Å². The third-order valence-electron chi connectivity index (χ3n) is 5.52. The standard InChI is InChI=1S/C23H44O5/c1-3-5-7-9-11-13-15-17-20(25)23(28,22(27)19-24)21(26)18-16-14-12-10-8-6-4-2/h22,24,27-28H,3-19H2,1-2H3. The van der Waals surface area contributed by atoms with Crippen LogP contribution >= 0.6 is 0 Å². The Labute approximate surface area is 171 Å². The van der Waals surface area contributed by atoms with Gasteiger partial charge in [0.25, 0.3) is 0 Å². The first-order valence-electron chi connectivity index (χ1n) is 11.5. The number of Topliss-reactive ketones (excluding diaryl/α,β-unsaturated/α-hetero) is 2. The Kier molecular flexibility index (Phi) is 16.6. The molecule has 0 heterocycles. The van der Waals surface area contributed by atoms with Crippen LogP contribution in [0.3, 0.4) is 0 Å². The van der Waals surface area contributed by atoms with Crippen LogP contribution in [-0.4, -0.2) is 45.2 Å². The summed E-state index contributed by atoms with van der Waals surface area (Å²) in [6.07, 6.45) is 12.8. The van der Waals surface area contributed by atoms with Gasteiger partial charge in [0.1, 0.15) is 6.10 Å². The average molecular weight is 401 g/mol. The van der Waals surface area contributed by atoms with E-state index in [0.29, 0.717) is 12.8 Å². The molecule has 28 heavy (non-hydrogen) atoms. The van der Waals surface area contributed by atoms with E-state index in [1.807, 2.05) is 0 Å². The van der Waals surface area contributed by atoms with Crippen LogP contribution in [0.5, 0.6) is 0 Å². The van der Waals surface area contributed by atoms with E-state index in [2.05, 4.69) is 13.8 Å². The summed E-state index contributed by atoms with van der Waals surface area (Å²) in [5, 5.41) is 29.9. The molecule has 166 valence electrons. The largest absolute Gasteiger partial charge is 0.394 e. The van der Waals surface area contributed by atoms with Gasteiger partial charge in [-0.1, -0.05) is 90.9 Å². The molecule has 5 nitrogen and oxygen atoms in total. The summed E-state index contributed by atoms with van der Waals surface area (Å²) < 4.78 is 0. The van der Waals surface area contributed by atoms with Crippen LogP contribution in [0.2, 0.25) is 0 Å². The van der Waals surface area contributed by atoms with Crippen molar-refractivity contribution in [2.45, 2.75) is 128 Å². The predicted molar refractivity (Wildman–Crippen MR) is 113 cm³/mol. The van der Waals surface area contributed by atoms with Crippen LogP contribution in [0.25, 0.3) is 0 Å². The molecule has 5 heteroatoms. The van der Waals surface area contributed by atoms with Crippen molar-refractivity contribution in [1.82, 2.24) is 0 Å². The van der Waals surface area contributed by atoms with Gasteiger partial charge in [-0.2, -0.15) is 0 Å². The fourth-order valence-corrected chi connectivity index (χ4v) is 3.53. The molecule has 0 aliphatic heterocycles. The van der Waals surface area contributed by atoms with Gasteiger partial charge in [0.2, 0.25) is 5.60 Å². The Morgan fingerprint density at radius 3 is 1.32 bits per heavy atom. The number of ketones is 2. The Balaban J connectivity index is 4.37. The lowest BCUT2D eigenvalue weighted by Gasteiger charge is -2.29. The van der Waals surface area contributed by atoms with Gasteiger partial charge < -0.3 is 15.3 Å². The summed E-state index contributed by atoms with van der Waals surface area (Å²) in [6.45, 7) is 3.52. The minimum absolute atomic E-state index is 0.0596. The number of aliphatic hydroxyl groups excluding tert-OH is 2. The van der Waals surface area contributed by atoms with Crippen molar-refractivity contribution < 1.29 is 24.9 Å². The fraction of sp³-hybridized carbons (Fsp3) is 0.913. The molecule has 0 radical (unpaired) electrons. The van der Waals surface area contributed by atoms with Gasteiger partial charge in [-0.05, 0) is 12.8 Å². The third-order valence-corrected chi connectivity index (χ3v) is 5.52. The zero-order valence-corrected chi connectivity index (χ0v) is 18.3. The highest BCUT2D eigenvalue weighted by molar-refractivity contribution is 6.10. The molecule has 0 aromatic heterocycles. The molecular formula is C23H44O5. The summed E-state index contributed by atoms with van der Waals surface area (Å²) in [5.41, 5.74) is -2.46. The predicted octanol–water partition coefficient (Wildman–Crippen LogP) is 4.49. The average Bonchev–Trinajstić information content (AvgIpc) is 2.70. The van der Waals surface area contributed by atoms with Crippen molar-refractivity contribution in [3.8, 4) is 0 Å². The summed E-state index contributed by atoms with van der Waals surface area (Å²) >= 11 is 0. The zero-order chi connectivity index (χ0) is 21.3. The first-order chi connectivity index (χ1) is 13.4. The van der Waals surface area contributed by atoms with Crippen molar-refractivity contribution in [3.05, 3.63) is 0 Å². The number of aliphatic hydroxyl groups is 3.